The maximum atomic E-state index is 11.3. The molecule has 9 heteroatoms. The maximum Gasteiger partial charge on any atom is 0.238 e. The smallest absolute Gasteiger partial charge is 0.238 e. The molecule has 0 spiro atoms. The second kappa shape index (κ2) is 11.0. The van der Waals surface area contributed by atoms with E-state index in [1.807, 2.05) is 30.3 Å². The fourth-order valence-electron chi connectivity index (χ4n) is 3.03. The summed E-state index contributed by atoms with van der Waals surface area (Å²) in [6.45, 7) is 1.59. The highest BCUT2D eigenvalue weighted by Crippen LogP contribution is 2.34. The van der Waals surface area contributed by atoms with Gasteiger partial charge in [0.1, 0.15) is 6.61 Å². The molecule has 170 valence electrons. The summed E-state index contributed by atoms with van der Waals surface area (Å²) < 4.78 is 34.0. The van der Waals surface area contributed by atoms with Crippen LogP contribution in [0.3, 0.4) is 0 Å². The van der Waals surface area contributed by atoms with Crippen LogP contribution in [0.5, 0.6) is 11.5 Å². The summed E-state index contributed by atoms with van der Waals surface area (Å²) in [5.74, 6) is 1.16. The summed E-state index contributed by atoms with van der Waals surface area (Å²) in [6, 6.07) is 17.6. The lowest BCUT2D eigenvalue weighted by atomic mass is 10.1. The lowest BCUT2D eigenvalue weighted by Gasteiger charge is -2.14. The zero-order chi connectivity index (χ0) is 23.1. The van der Waals surface area contributed by atoms with Crippen molar-refractivity contribution in [1.82, 2.24) is 5.32 Å². The molecule has 3 aromatic carbocycles. The van der Waals surface area contributed by atoms with E-state index in [1.54, 1.807) is 25.3 Å². The number of sulfonamides is 1. The van der Waals surface area contributed by atoms with E-state index in [9.17, 15) is 8.42 Å². The van der Waals surface area contributed by atoms with Gasteiger partial charge in [-0.1, -0.05) is 47.5 Å². The summed E-state index contributed by atoms with van der Waals surface area (Å²) >= 11 is 12.4. The average Bonchev–Trinajstić information content (AvgIpc) is 2.77. The van der Waals surface area contributed by atoms with Crippen LogP contribution < -0.4 is 19.9 Å². The second-order valence-corrected chi connectivity index (χ2v) is 9.53. The first-order chi connectivity index (χ1) is 15.3. The van der Waals surface area contributed by atoms with Gasteiger partial charge in [0.2, 0.25) is 10.0 Å². The molecule has 0 amide bonds. The standard InChI is InChI=1S/C23H24Cl2N2O4S/c1-30-22-12-18(14-27-11-10-16-4-8-20(9-5-16)32(26,28)29)21(25)13-23(22)31-15-17-2-6-19(24)7-3-17/h2-9,12-13,27H,10-11,14-15H2,1H3,(H2,26,28,29). The number of halogens is 2. The number of primary sulfonamides is 1. The summed E-state index contributed by atoms with van der Waals surface area (Å²) in [5.41, 5.74) is 2.86. The quantitative estimate of drug-likeness (QED) is 0.403. The van der Waals surface area contributed by atoms with E-state index in [0.29, 0.717) is 41.2 Å². The Bertz CT molecular complexity index is 1150. The Morgan fingerprint density at radius 3 is 2.22 bits per heavy atom. The highest BCUT2D eigenvalue weighted by Gasteiger charge is 2.11. The van der Waals surface area contributed by atoms with E-state index in [4.69, 9.17) is 37.8 Å². The van der Waals surface area contributed by atoms with Crippen molar-refractivity contribution in [3.63, 3.8) is 0 Å². The van der Waals surface area contributed by atoms with Crippen LogP contribution in [0.25, 0.3) is 0 Å². The predicted octanol–water partition coefficient (Wildman–Crippen LogP) is 4.56. The molecule has 0 atom stereocenters. The monoisotopic (exact) mass is 494 g/mol. The van der Waals surface area contributed by atoms with Crippen molar-refractivity contribution in [1.29, 1.82) is 0 Å². The van der Waals surface area contributed by atoms with Crippen molar-refractivity contribution >= 4 is 33.2 Å². The Labute approximate surface area is 198 Å². The number of methoxy groups -OCH3 is 1. The minimum Gasteiger partial charge on any atom is -0.493 e. The molecule has 0 fully saturated rings. The van der Waals surface area contributed by atoms with E-state index in [1.165, 1.54) is 12.1 Å². The van der Waals surface area contributed by atoms with Crippen LogP contribution in [-0.4, -0.2) is 22.1 Å². The average molecular weight is 495 g/mol. The van der Waals surface area contributed by atoms with Crippen LogP contribution in [-0.2, 0) is 29.6 Å². The normalized spacial score (nSPS) is 11.4. The first-order valence-corrected chi connectivity index (χ1v) is 12.1. The van der Waals surface area contributed by atoms with Gasteiger partial charge in [-0.15, -0.1) is 0 Å². The van der Waals surface area contributed by atoms with Gasteiger partial charge in [-0.2, -0.15) is 0 Å². The van der Waals surface area contributed by atoms with E-state index >= 15 is 0 Å². The zero-order valence-electron chi connectivity index (χ0n) is 17.5. The summed E-state index contributed by atoms with van der Waals surface area (Å²) in [7, 11) is -2.09. The third-order valence-corrected chi connectivity index (χ3v) is 6.33. The highest BCUT2D eigenvalue weighted by molar-refractivity contribution is 7.89. The third-order valence-electron chi connectivity index (χ3n) is 4.80. The molecule has 3 N–H and O–H groups in total. The van der Waals surface area contributed by atoms with Crippen LogP contribution in [0.4, 0.5) is 0 Å². The molecule has 0 saturated heterocycles. The molecule has 0 saturated carbocycles. The SMILES string of the molecule is COc1cc(CNCCc2ccc(S(N)(=O)=O)cc2)c(Cl)cc1OCc1ccc(Cl)cc1. The number of rotatable bonds is 10. The number of hydrogen-bond donors (Lipinski definition) is 2. The minimum absolute atomic E-state index is 0.103. The van der Waals surface area contributed by atoms with Crippen LogP contribution >= 0.6 is 23.2 Å². The molecule has 3 aromatic rings. The molecular formula is C23H24Cl2N2O4S. The van der Waals surface area contributed by atoms with Crippen molar-refractivity contribution in [2.45, 2.75) is 24.5 Å². The molecule has 0 unspecified atom stereocenters. The van der Waals surface area contributed by atoms with E-state index in [2.05, 4.69) is 5.32 Å². The van der Waals surface area contributed by atoms with Crippen molar-refractivity contribution in [3.05, 3.63) is 87.4 Å². The molecule has 0 aliphatic heterocycles. The van der Waals surface area contributed by atoms with Crippen LogP contribution in [0.15, 0.2) is 65.6 Å². The van der Waals surface area contributed by atoms with Gasteiger partial charge >= 0.3 is 0 Å². The number of hydrogen-bond acceptors (Lipinski definition) is 5. The van der Waals surface area contributed by atoms with Gasteiger partial charge in [-0.3, -0.25) is 0 Å². The molecule has 0 aliphatic rings. The minimum atomic E-state index is -3.68. The van der Waals surface area contributed by atoms with Gasteiger partial charge in [-0.25, -0.2) is 13.6 Å². The predicted molar refractivity (Wildman–Crippen MR) is 127 cm³/mol. The Morgan fingerprint density at radius 1 is 0.938 bits per heavy atom. The van der Waals surface area contributed by atoms with Crippen LogP contribution in [0.2, 0.25) is 10.0 Å². The van der Waals surface area contributed by atoms with Crippen molar-refractivity contribution < 1.29 is 17.9 Å². The fraction of sp³-hybridized carbons (Fsp3) is 0.217. The molecule has 0 bridgehead atoms. The topological polar surface area (TPSA) is 90.6 Å². The van der Waals surface area contributed by atoms with Crippen molar-refractivity contribution in [2.75, 3.05) is 13.7 Å². The summed E-state index contributed by atoms with van der Waals surface area (Å²) in [5, 5.41) is 9.70. The van der Waals surface area contributed by atoms with E-state index < -0.39 is 10.0 Å². The summed E-state index contributed by atoms with van der Waals surface area (Å²) in [4.78, 5) is 0.103. The second-order valence-electron chi connectivity index (χ2n) is 7.13. The molecule has 3 rings (SSSR count). The van der Waals surface area contributed by atoms with Crippen LogP contribution in [0, 0.1) is 0 Å². The first kappa shape index (κ1) is 24.4. The van der Waals surface area contributed by atoms with E-state index in [0.717, 1.165) is 23.1 Å². The number of nitrogens with one attached hydrogen (secondary N) is 1. The first-order valence-electron chi connectivity index (χ1n) is 9.82. The van der Waals surface area contributed by atoms with Gasteiger partial charge in [-0.05, 0) is 60.0 Å². The molecule has 0 aliphatic carbocycles. The molecule has 32 heavy (non-hydrogen) atoms. The number of benzene rings is 3. The molecule has 0 aromatic heterocycles. The molecule has 0 radical (unpaired) electrons. The van der Waals surface area contributed by atoms with Gasteiger partial charge in [0, 0.05) is 22.7 Å². The Morgan fingerprint density at radius 2 is 1.59 bits per heavy atom. The van der Waals surface area contributed by atoms with E-state index in [-0.39, 0.29) is 4.90 Å². The third kappa shape index (κ3) is 6.85. The van der Waals surface area contributed by atoms with Crippen molar-refractivity contribution in [3.8, 4) is 11.5 Å². The molecular weight excluding hydrogens is 471 g/mol. The molecule has 6 nitrogen and oxygen atoms in total. The van der Waals surface area contributed by atoms with Gasteiger partial charge in [0.25, 0.3) is 0 Å². The van der Waals surface area contributed by atoms with Gasteiger partial charge in [0.05, 0.1) is 12.0 Å². The van der Waals surface area contributed by atoms with Gasteiger partial charge in [0.15, 0.2) is 11.5 Å². The van der Waals surface area contributed by atoms with Gasteiger partial charge < -0.3 is 14.8 Å². The Balaban J connectivity index is 1.55. The lowest BCUT2D eigenvalue weighted by molar-refractivity contribution is 0.284. The maximum absolute atomic E-state index is 11.3. The largest absolute Gasteiger partial charge is 0.493 e. The lowest BCUT2D eigenvalue weighted by Crippen LogP contribution is -2.17. The highest BCUT2D eigenvalue weighted by atomic mass is 35.5. The van der Waals surface area contributed by atoms with Crippen LogP contribution in [0.1, 0.15) is 16.7 Å². The Hall–Kier alpha value is -2.29. The molecule has 0 heterocycles. The number of nitrogens with two attached hydrogens (primary N) is 1. The summed E-state index contributed by atoms with van der Waals surface area (Å²) in [6.07, 6.45) is 0.724. The zero-order valence-corrected chi connectivity index (χ0v) is 19.8. The fourth-order valence-corrected chi connectivity index (χ4v) is 3.89. The van der Waals surface area contributed by atoms with Crippen molar-refractivity contribution in [2.24, 2.45) is 5.14 Å². The number of ether oxygens (including phenoxy) is 2. The Kier molecular flexibility index (Phi) is 8.39.